The van der Waals surface area contributed by atoms with Gasteiger partial charge in [-0.3, -0.25) is 4.79 Å². The molecule has 15 heavy (non-hydrogen) atoms. The zero-order chi connectivity index (χ0) is 10.7. The number of imidazole rings is 1. The minimum Gasteiger partial charge on any atom is -0.341 e. The van der Waals surface area contributed by atoms with Gasteiger partial charge in [-0.25, -0.2) is 9.97 Å². The summed E-state index contributed by atoms with van der Waals surface area (Å²) in [5.74, 6) is 0.507. The van der Waals surface area contributed by atoms with Gasteiger partial charge in [0.15, 0.2) is 5.82 Å². The molecule has 5 heteroatoms. The second kappa shape index (κ2) is 3.91. The maximum absolute atomic E-state index is 11.5. The Hall–Kier alpha value is -2.17. The molecular weight excluding hydrogens is 192 g/mol. The van der Waals surface area contributed by atoms with Crippen LogP contribution in [0.25, 0.3) is 0 Å². The summed E-state index contributed by atoms with van der Waals surface area (Å²) < 4.78 is 0. The summed E-state index contributed by atoms with van der Waals surface area (Å²) in [4.78, 5) is 22.3. The molecule has 0 aromatic carbocycles. The maximum atomic E-state index is 11.5. The SMILES string of the molecule is Cc1cccc(NC(=O)c2ncc[nH]2)n1. The van der Waals surface area contributed by atoms with Crippen molar-refractivity contribution in [3.8, 4) is 0 Å². The zero-order valence-corrected chi connectivity index (χ0v) is 8.19. The highest BCUT2D eigenvalue weighted by atomic mass is 16.2. The predicted molar refractivity (Wildman–Crippen MR) is 55.5 cm³/mol. The van der Waals surface area contributed by atoms with Crippen molar-refractivity contribution in [3.05, 3.63) is 42.1 Å². The Kier molecular flexibility index (Phi) is 2.45. The lowest BCUT2D eigenvalue weighted by atomic mass is 10.4. The Morgan fingerprint density at radius 2 is 2.33 bits per heavy atom. The molecule has 1 amide bonds. The molecule has 0 aliphatic heterocycles. The number of rotatable bonds is 2. The minimum absolute atomic E-state index is 0.276. The maximum Gasteiger partial charge on any atom is 0.292 e. The Morgan fingerprint density at radius 1 is 1.47 bits per heavy atom. The smallest absolute Gasteiger partial charge is 0.292 e. The zero-order valence-electron chi connectivity index (χ0n) is 8.19. The van der Waals surface area contributed by atoms with Crippen LogP contribution in [0.15, 0.2) is 30.6 Å². The number of pyridine rings is 1. The summed E-state index contributed by atoms with van der Waals surface area (Å²) in [5, 5.41) is 2.64. The molecule has 2 rings (SSSR count). The van der Waals surface area contributed by atoms with Gasteiger partial charge in [-0.15, -0.1) is 0 Å². The molecule has 2 N–H and O–H groups in total. The van der Waals surface area contributed by atoms with Crippen molar-refractivity contribution in [1.82, 2.24) is 15.0 Å². The molecule has 0 unspecified atom stereocenters. The third-order valence-corrected chi connectivity index (χ3v) is 1.84. The lowest BCUT2D eigenvalue weighted by Gasteiger charge is -2.02. The number of nitrogens with zero attached hydrogens (tertiary/aromatic N) is 2. The van der Waals surface area contributed by atoms with Crippen LogP contribution < -0.4 is 5.32 Å². The number of aryl methyl sites for hydroxylation is 1. The lowest BCUT2D eigenvalue weighted by molar-refractivity contribution is 0.101. The van der Waals surface area contributed by atoms with E-state index in [9.17, 15) is 4.79 Å². The molecule has 2 aromatic rings. The first-order chi connectivity index (χ1) is 7.25. The number of aromatic amines is 1. The van der Waals surface area contributed by atoms with Crippen molar-refractivity contribution in [2.75, 3.05) is 5.32 Å². The van der Waals surface area contributed by atoms with E-state index in [4.69, 9.17) is 0 Å². The Balaban J connectivity index is 2.13. The largest absolute Gasteiger partial charge is 0.341 e. The fourth-order valence-electron chi connectivity index (χ4n) is 1.18. The summed E-state index contributed by atoms with van der Waals surface area (Å²) in [6, 6.07) is 5.43. The first kappa shape index (κ1) is 9.39. The molecular formula is C10H10N4O. The average molecular weight is 202 g/mol. The number of amides is 1. The summed E-state index contributed by atoms with van der Waals surface area (Å²) in [7, 11) is 0. The number of carbonyl (C=O) groups is 1. The standard InChI is InChI=1S/C10H10N4O/c1-7-3-2-4-8(13-7)14-10(15)9-11-5-6-12-9/h2-6H,1H3,(H,11,12)(H,13,14,15). The van der Waals surface area contributed by atoms with Crippen molar-refractivity contribution in [1.29, 1.82) is 0 Å². The fourth-order valence-corrected chi connectivity index (χ4v) is 1.18. The van der Waals surface area contributed by atoms with E-state index >= 15 is 0 Å². The molecule has 0 bridgehead atoms. The van der Waals surface area contributed by atoms with Crippen molar-refractivity contribution < 1.29 is 4.79 Å². The number of aromatic nitrogens is 3. The van der Waals surface area contributed by atoms with Crippen LogP contribution in [0.2, 0.25) is 0 Å². The molecule has 2 heterocycles. The molecule has 5 nitrogen and oxygen atoms in total. The molecule has 0 atom stereocenters. The average Bonchev–Trinajstić information content (AvgIpc) is 2.70. The third-order valence-electron chi connectivity index (χ3n) is 1.84. The Morgan fingerprint density at radius 3 is 3.00 bits per heavy atom. The second-order valence-corrected chi connectivity index (χ2v) is 3.06. The molecule has 2 aromatic heterocycles. The quantitative estimate of drug-likeness (QED) is 0.772. The van der Waals surface area contributed by atoms with Gasteiger partial charge < -0.3 is 10.3 Å². The Labute approximate surface area is 86.6 Å². The van der Waals surface area contributed by atoms with Gasteiger partial charge in [0.05, 0.1) is 0 Å². The minimum atomic E-state index is -0.293. The number of carbonyl (C=O) groups excluding carboxylic acids is 1. The van der Waals surface area contributed by atoms with Gasteiger partial charge in [0.1, 0.15) is 5.82 Å². The highest BCUT2D eigenvalue weighted by Gasteiger charge is 2.08. The van der Waals surface area contributed by atoms with Crippen molar-refractivity contribution in [3.63, 3.8) is 0 Å². The van der Waals surface area contributed by atoms with Gasteiger partial charge in [0, 0.05) is 18.1 Å². The van der Waals surface area contributed by atoms with Crippen LogP contribution in [-0.2, 0) is 0 Å². The summed E-state index contributed by atoms with van der Waals surface area (Å²) >= 11 is 0. The lowest BCUT2D eigenvalue weighted by Crippen LogP contribution is -2.14. The van der Waals surface area contributed by atoms with Crippen LogP contribution >= 0.6 is 0 Å². The molecule has 76 valence electrons. The van der Waals surface area contributed by atoms with Crippen molar-refractivity contribution in [2.45, 2.75) is 6.92 Å². The van der Waals surface area contributed by atoms with Gasteiger partial charge in [-0.05, 0) is 19.1 Å². The monoisotopic (exact) mass is 202 g/mol. The molecule has 0 saturated carbocycles. The number of hydrogen-bond donors (Lipinski definition) is 2. The van der Waals surface area contributed by atoms with E-state index in [-0.39, 0.29) is 11.7 Å². The third kappa shape index (κ3) is 2.19. The normalized spacial score (nSPS) is 9.93. The van der Waals surface area contributed by atoms with Crippen LogP contribution in [0.4, 0.5) is 5.82 Å². The first-order valence-electron chi connectivity index (χ1n) is 4.50. The van der Waals surface area contributed by atoms with Crippen LogP contribution in [-0.4, -0.2) is 20.9 Å². The van der Waals surface area contributed by atoms with E-state index in [1.165, 1.54) is 6.20 Å². The molecule has 0 aliphatic rings. The predicted octanol–water partition coefficient (Wildman–Crippen LogP) is 1.37. The molecule has 0 saturated heterocycles. The van der Waals surface area contributed by atoms with Crippen LogP contribution in [0, 0.1) is 6.92 Å². The van der Waals surface area contributed by atoms with E-state index in [1.807, 2.05) is 19.1 Å². The molecule has 0 radical (unpaired) electrons. The second-order valence-electron chi connectivity index (χ2n) is 3.06. The fraction of sp³-hybridized carbons (Fsp3) is 0.100. The van der Waals surface area contributed by atoms with Gasteiger partial charge in [0.2, 0.25) is 0 Å². The molecule has 0 spiro atoms. The van der Waals surface area contributed by atoms with Gasteiger partial charge in [-0.1, -0.05) is 6.07 Å². The first-order valence-corrected chi connectivity index (χ1v) is 4.50. The number of H-pyrrole nitrogens is 1. The molecule has 0 aliphatic carbocycles. The van der Waals surface area contributed by atoms with E-state index in [0.29, 0.717) is 5.82 Å². The number of anilines is 1. The summed E-state index contributed by atoms with van der Waals surface area (Å²) in [5.41, 5.74) is 0.854. The van der Waals surface area contributed by atoms with E-state index in [0.717, 1.165) is 5.69 Å². The Bertz CT molecular complexity index is 464. The van der Waals surface area contributed by atoms with Crippen LogP contribution in [0.5, 0.6) is 0 Å². The summed E-state index contributed by atoms with van der Waals surface area (Å²) in [6.07, 6.45) is 3.12. The van der Waals surface area contributed by atoms with Crippen molar-refractivity contribution >= 4 is 11.7 Å². The van der Waals surface area contributed by atoms with E-state index in [2.05, 4.69) is 20.3 Å². The number of hydrogen-bond acceptors (Lipinski definition) is 3. The molecule has 0 fully saturated rings. The van der Waals surface area contributed by atoms with Crippen molar-refractivity contribution in [2.24, 2.45) is 0 Å². The topological polar surface area (TPSA) is 70.7 Å². The number of nitrogens with one attached hydrogen (secondary N) is 2. The summed E-state index contributed by atoms with van der Waals surface area (Å²) in [6.45, 7) is 1.86. The highest BCUT2D eigenvalue weighted by molar-refractivity contribution is 6.00. The van der Waals surface area contributed by atoms with Crippen LogP contribution in [0.3, 0.4) is 0 Å². The van der Waals surface area contributed by atoms with Gasteiger partial charge in [-0.2, -0.15) is 0 Å². The van der Waals surface area contributed by atoms with E-state index < -0.39 is 0 Å². The van der Waals surface area contributed by atoms with Gasteiger partial charge >= 0.3 is 0 Å². The van der Waals surface area contributed by atoms with Gasteiger partial charge in [0.25, 0.3) is 5.91 Å². The highest BCUT2D eigenvalue weighted by Crippen LogP contribution is 2.04. The van der Waals surface area contributed by atoms with Crippen LogP contribution in [0.1, 0.15) is 16.3 Å². The van der Waals surface area contributed by atoms with E-state index in [1.54, 1.807) is 12.3 Å².